The second-order valence-electron chi connectivity index (χ2n) is 11.6. The fourth-order valence-corrected chi connectivity index (χ4v) is 6.57. The lowest BCUT2D eigenvalue weighted by molar-refractivity contribution is -0.127. The van der Waals surface area contributed by atoms with E-state index in [1.54, 1.807) is 24.3 Å². The quantitative estimate of drug-likeness (QED) is 0.426. The number of carbonyl (C=O) groups excluding carboxylic acids is 2. The smallest absolute Gasteiger partial charge is 0.413 e. The molecule has 42 heavy (non-hydrogen) atoms. The number of amides is 2. The fourth-order valence-electron chi connectivity index (χ4n) is 6.57. The lowest BCUT2D eigenvalue weighted by Crippen LogP contribution is -2.51. The number of halogens is 1. The summed E-state index contributed by atoms with van der Waals surface area (Å²) in [5.74, 6) is 0.0163. The molecule has 3 aliphatic rings. The van der Waals surface area contributed by atoms with Crippen molar-refractivity contribution >= 4 is 23.6 Å². The van der Waals surface area contributed by atoms with Crippen LogP contribution in [0.1, 0.15) is 58.3 Å². The van der Waals surface area contributed by atoms with E-state index in [1.807, 2.05) is 6.92 Å². The minimum absolute atomic E-state index is 0.0225. The van der Waals surface area contributed by atoms with Gasteiger partial charge in [-0.15, -0.1) is 0 Å². The topological polar surface area (TPSA) is 112 Å². The molecule has 2 aromatic rings. The highest BCUT2D eigenvalue weighted by Crippen LogP contribution is 2.29. The Kier molecular flexibility index (Phi) is 10.2. The first kappa shape index (κ1) is 30.2. The Morgan fingerprint density at radius 2 is 1.81 bits per heavy atom. The molecule has 0 unspecified atom stereocenters. The summed E-state index contributed by atoms with van der Waals surface area (Å²) < 4.78 is 19.7. The summed E-state index contributed by atoms with van der Waals surface area (Å²) in [6.45, 7) is 6.61. The Labute approximate surface area is 247 Å². The van der Waals surface area contributed by atoms with E-state index in [4.69, 9.17) is 4.74 Å². The van der Waals surface area contributed by atoms with Gasteiger partial charge >= 0.3 is 6.09 Å². The summed E-state index contributed by atoms with van der Waals surface area (Å²) in [7, 11) is 1.33. The van der Waals surface area contributed by atoms with Gasteiger partial charge in [0.05, 0.1) is 13.3 Å². The van der Waals surface area contributed by atoms with Crippen molar-refractivity contribution in [3.63, 3.8) is 0 Å². The molecule has 3 N–H and O–H groups in total. The number of carbonyl (C=O) groups is 2. The number of nitrogens with one attached hydrogen (secondary N) is 3. The standard InChI is InChI=1S/C31H44FN7O3/c1-3-39(31(41)42-2)26-6-4-5-22(19-26)28-27(32)20-34-30(37-28)36-23-9-7-21(8-10-23)29(40)35-24-13-17-38(18-14-24)25-11-15-33-16-12-25/h4-6,19-21,23-25,33H,3,7-18H2,1-2H3,(H,35,40)(H,34,36,37). The van der Waals surface area contributed by atoms with Gasteiger partial charge in [-0.2, -0.15) is 0 Å². The third-order valence-electron chi connectivity index (χ3n) is 9.02. The van der Waals surface area contributed by atoms with Crippen molar-refractivity contribution in [3.05, 3.63) is 36.3 Å². The van der Waals surface area contributed by atoms with E-state index in [-0.39, 0.29) is 29.6 Å². The van der Waals surface area contributed by atoms with Crippen molar-refractivity contribution in [3.8, 4) is 11.3 Å². The zero-order valence-electron chi connectivity index (χ0n) is 24.8. The van der Waals surface area contributed by atoms with Crippen LogP contribution in [0.2, 0.25) is 0 Å². The zero-order valence-corrected chi connectivity index (χ0v) is 24.8. The van der Waals surface area contributed by atoms with Crippen LogP contribution in [0.3, 0.4) is 0 Å². The highest BCUT2D eigenvalue weighted by molar-refractivity contribution is 5.88. The van der Waals surface area contributed by atoms with E-state index in [2.05, 4.69) is 30.8 Å². The van der Waals surface area contributed by atoms with Crippen molar-refractivity contribution < 1.29 is 18.7 Å². The monoisotopic (exact) mass is 581 g/mol. The lowest BCUT2D eigenvalue weighted by atomic mass is 9.85. The van der Waals surface area contributed by atoms with Crippen LogP contribution in [-0.4, -0.2) is 84.8 Å². The number of methoxy groups -OCH3 is 1. The van der Waals surface area contributed by atoms with Gasteiger partial charge in [-0.3, -0.25) is 9.69 Å². The number of piperidine rings is 2. The van der Waals surface area contributed by atoms with E-state index in [0.29, 0.717) is 29.8 Å². The Morgan fingerprint density at radius 3 is 2.50 bits per heavy atom. The molecule has 2 amide bonds. The molecule has 10 nitrogen and oxygen atoms in total. The largest absolute Gasteiger partial charge is 0.452 e. The average Bonchev–Trinajstić information content (AvgIpc) is 3.03. The number of hydrogen-bond donors (Lipinski definition) is 3. The molecule has 1 aliphatic carbocycles. The molecule has 1 aromatic carbocycles. The number of aromatic nitrogens is 2. The Hall–Kier alpha value is -3.31. The summed E-state index contributed by atoms with van der Waals surface area (Å²) in [6.07, 6.45) is 8.43. The number of nitrogens with zero attached hydrogens (tertiary/aromatic N) is 4. The summed E-state index contributed by atoms with van der Waals surface area (Å²) in [4.78, 5) is 37.9. The normalized spacial score (nSPS) is 22.4. The van der Waals surface area contributed by atoms with Crippen molar-refractivity contribution in [1.29, 1.82) is 0 Å². The van der Waals surface area contributed by atoms with Crippen LogP contribution >= 0.6 is 0 Å². The van der Waals surface area contributed by atoms with Crippen LogP contribution in [0.5, 0.6) is 0 Å². The van der Waals surface area contributed by atoms with Gasteiger partial charge in [-0.25, -0.2) is 19.2 Å². The Balaban J connectivity index is 1.12. The predicted molar refractivity (Wildman–Crippen MR) is 161 cm³/mol. The average molecular weight is 582 g/mol. The van der Waals surface area contributed by atoms with Crippen molar-refractivity contribution in [2.75, 3.05) is 50.1 Å². The first-order valence-corrected chi connectivity index (χ1v) is 15.4. The van der Waals surface area contributed by atoms with Crippen LogP contribution < -0.4 is 20.9 Å². The lowest BCUT2D eigenvalue weighted by Gasteiger charge is -2.40. The van der Waals surface area contributed by atoms with E-state index in [9.17, 15) is 14.0 Å². The number of benzene rings is 1. The van der Waals surface area contributed by atoms with Gasteiger partial charge < -0.3 is 25.6 Å². The Bertz CT molecular complexity index is 1210. The van der Waals surface area contributed by atoms with Crippen LogP contribution in [0.4, 0.5) is 20.8 Å². The molecule has 3 fully saturated rings. The van der Waals surface area contributed by atoms with Gasteiger partial charge in [-0.1, -0.05) is 12.1 Å². The minimum atomic E-state index is -0.541. The van der Waals surface area contributed by atoms with Gasteiger partial charge in [0.1, 0.15) is 5.69 Å². The third kappa shape index (κ3) is 7.36. The third-order valence-corrected chi connectivity index (χ3v) is 9.02. The maximum atomic E-state index is 14.8. The first-order chi connectivity index (χ1) is 20.4. The second kappa shape index (κ2) is 14.2. The molecule has 2 aliphatic heterocycles. The summed E-state index contributed by atoms with van der Waals surface area (Å²) in [5.41, 5.74) is 1.30. The van der Waals surface area contributed by atoms with Crippen LogP contribution in [0, 0.1) is 11.7 Å². The number of rotatable bonds is 8. The van der Waals surface area contributed by atoms with E-state index in [0.717, 1.165) is 64.7 Å². The molecule has 0 radical (unpaired) electrons. The van der Waals surface area contributed by atoms with Gasteiger partial charge in [0, 0.05) is 54.9 Å². The highest BCUT2D eigenvalue weighted by Gasteiger charge is 2.31. The van der Waals surface area contributed by atoms with Gasteiger partial charge in [0.15, 0.2) is 5.82 Å². The number of likely N-dealkylation sites (tertiary alicyclic amines) is 1. The molecular weight excluding hydrogens is 537 g/mol. The van der Waals surface area contributed by atoms with Crippen LogP contribution in [0.15, 0.2) is 30.5 Å². The van der Waals surface area contributed by atoms with E-state index in [1.165, 1.54) is 31.0 Å². The highest BCUT2D eigenvalue weighted by atomic mass is 19.1. The molecule has 11 heteroatoms. The van der Waals surface area contributed by atoms with Gasteiger partial charge in [0.25, 0.3) is 0 Å². The molecule has 1 aromatic heterocycles. The molecule has 2 saturated heterocycles. The van der Waals surface area contributed by atoms with Crippen molar-refractivity contribution in [2.24, 2.45) is 5.92 Å². The maximum Gasteiger partial charge on any atom is 0.413 e. The molecule has 228 valence electrons. The number of anilines is 2. The summed E-state index contributed by atoms with van der Waals surface area (Å²) >= 11 is 0. The first-order valence-electron chi connectivity index (χ1n) is 15.4. The summed E-state index contributed by atoms with van der Waals surface area (Å²) in [6, 6.07) is 8.08. The molecule has 5 rings (SSSR count). The van der Waals surface area contributed by atoms with Crippen molar-refractivity contribution in [2.45, 2.75) is 76.4 Å². The second-order valence-corrected chi connectivity index (χ2v) is 11.6. The molecule has 0 bridgehead atoms. The number of ether oxygens (including phenoxy) is 1. The number of hydrogen-bond acceptors (Lipinski definition) is 8. The van der Waals surface area contributed by atoms with Crippen LogP contribution in [-0.2, 0) is 9.53 Å². The Morgan fingerprint density at radius 1 is 1.07 bits per heavy atom. The van der Waals surface area contributed by atoms with Gasteiger partial charge in [0.2, 0.25) is 11.9 Å². The predicted octanol–water partition coefficient (Wildman–Crippen LogP) is 4.18. The molecule has 0 spiro atoms. The summed E-state index contributed by atoms with van der Waals surface area (Å²) in [5, 5.41) is 10.1. The molecule has 3 heterocycles. The maximum absolute atomic E-state index is 14.8. The van der Waals surface area contributed by atoms with E-state index >= 15 is 0 Å². The van der Waals surface area contributed by atoms with E-state index < -0.39 is 11.9 Å². The van der Waals surface area contributed by atoms with Crippen LogP contribution in [0.25, 0.3) is 11.3 Å². The molecular formula is C31H44FN7O3. The minimum Gasteiger partial charge on any atom is -0.452 e. The SMILES string of the molecule is CCN(C(=O)OC)c1cccc(-c2nc(NC3CCC(C(=O)NC4CCN(C5CCNCC5)CC4)CC3)ncc2F)c1. The zero-order chi connectivity index (χ0) is 29.5. The van der Waals surface area contributed by atoms with Gasteiger partial charge in [-0.05, 0) is 83.5 Å². The fraction of sp³-hybridized carbons (Fsp3) is 0.613. The molecule has 1 saturated carbocycles. The van der Waals surface area contributed by atoms with Crippen molar-refractivity contribution in [1.82, 2.24) is 25.5 Å². The molecule has 0 atom stereocenters.